The minimum absolute atomic E-state index is 0.248. The van der Waals surface area contributed by atoms with Gasteiger partial charge in [0.05, 0.1) is 19.1 Å². The second kappa shape index (κ2) is 7.84. The van der Waals surface area contributed by atoms with Crippen LogP contribution in [0.5, 0.6) is 5.75 Å². The Kier molecular flexibility index (Phi) is 5.19. The first-order valence-electron chi connectivity index (χ1n) is 9.31. The van der Waals surface area contributed by atoms with Crippen LogP contribution in [0.25, 0.3) is 22.4 Å². The summed E-state index contributed by atoms with van der Waals surface area (Å²) < 4.78 is 9.05. The number of methoxy groups -OCH3 is 1. The van der Waals surface area contributed by atoms with E-state index in [1.807, 2.05) is 25.1 Å². The fourth-order valence-electron chi connectivity index (χ4n) is 3.31. The second-order valence-corrected chi connectivity index (χ2v) is 7.91. The molecular formula is C20H20N6O4S. The Morgan fingerprint density at radius 2 is 2.03 bits per heavy atom. The molecule has 0 saturated carbocycles. The maximum atomic E-state index is 12.7. The highest BCUT2D eigenvalue weighted by Gasteiger charge is 2.18. The van der Waals surface area contributed by atoms with Crippen LogP contribution in [0.1, 0.15) is 5.56 Å². The smallest absolute Gasteiger partial charge is 0.332 e. The molecule has 4 aromatic rings. The number of nitrogens with zero attached hydrogens (tertiary/aromatic N) is 5. The Bertz CT molecular complexity index is 1430. The van der Waals surface area contributed by atoms with Gasteiger partial charge in [-0.3, -0.25) is 14.2 Å². The molecule has 1 amide bonds. The summed E-state index contributed by atoms with van der Waals surface area (Å²) in [5, 5.41) is 4.82. The van der Waals surface area contributed by atoms with E-state index in [9.17, 15) is 14.4 Å². The number of anilines is 1. The zero-order valence-corrected chi connectivity index (χ0v) is 18.2. The first kappa shape index (κ1) is 20.5. The van der Waals surface area contributed by atoms with E-state index >= 15 is 0 Å². The maximum Gasteiger partial charge on any atom is 0.332 e. The Morgan fingerprint density at radius 1 is 1.26 bits per heavy atom. The minimum Gasteiger partial charge on any atom is -0.496 e. The van der Waals surface area contributed by atoms with E-state index in [0.29, 0.717) is 16.6 Å². The molecule has 31 heavy (non-hydrogen) atoms. The van der Waals surface area contributed by atoms with Crippen molar-refractivity contribution >= 4 is 33.5 Å². The average Bonchev–Trinajstić information content (AvgIpc) is 3.36. The molecule has 0 saturated heterocycles. The third-order valence-electron chi connectivity index (χ3n) is 4.88. The molecule has 1 N–H and O–H groups in total. The molecule has 0 bridgehead atoms. The zero-order valence-electron chi connectivity index (χ0n) is 17.4. The topological polar surface area (TPSA) is 113 Å². The van der Waals surface area contributed by atoms with Crippen LogP contribution in [0, 0.1) is 6.92 Å². The largest absolute Gasteiger partial charge is 0.496 e. The molecule has 0 atom stereocenters. The lowest BCUT2D eigenvalue weighted by Crippen LogP contribution is -2.42. The predicted octanol–water partition coefficient (Wildman–Crippen LogP) is 1.51. The summed E-state index contributed by atoms with van der Waals surface area (Å²) in [6.07, 6.45) is 1.45. The average molecular weight is 440 g/mol. The highest BCUT2D eigenvalue weighted by molar-refractivity contribution is 7.14. The summed E-state index contributed by atoms with van der Waals surface area (Å²) in [7, 11) is 4.75. The van der Waals surface area contributed by atoms with Gasteiger partial charge >= 0.3 is 5.69 Å². The summed E-state index contributed by atoms with van der Waals surface area (Å²) in [4.78, 5) is 46.4. The lowest BCUT2D eigenvalue weighted by Gasteiger charge is -2.08. The molecule has 3 heterocycles. The van der Waals surface area contributed by atoms with Gasteiger partial charge in [0.15, 0.2) is 16.3 Å². The molecule has 10 nitrogen and oxygen atoms in total. The summed E-state index contributed by atoms with van der Waals surface area (Å²) >= 11 is 1.24. The van der Waals surface area contributed by atoms with Gasteiger partial charge in [0.1, 0.15) is 12.3 Å². The number of carbonyl (C=O) groups excluding carboxylic acids is 1. The van der Waals surface area contributed by atoms with E-state index in [1.165, 1.54) is 33.8 Å². The molecule has 1 aromatic carbocycles. The van der Waals surface area contributed by atoms with Crippen molar-refractivity contribution in [3.8, 4) is 17.0 Å². The van der Waals surface area contributed by atoms with Crippen LogP contribution in [0.2, 0.25) is 0 Å². The lowest BCUT2D eigenvalue weighted by atomic mass is 10.1. The van der Waals surface area contributed by atoms with Crippen molar-refractivity contribution < 1.29 is 9.53 Å². The Hall–Kier alpha value is -3.73. The van der Waals surface area contributed by atoms with E-state index in [0.717, 1.165) is 15.7 Å². The van der Waals surface area contributed by atoms with Gasteiger partial charge in [0, 0.05) is 25.0 Å². The van der Waals surface area contributed by atoms with Gasteiger partial charge in [0.2, 0.25) is 5.91 Å². The Morgan fingerprint density at radius 3 is 2.77 bits per heavy atom. The van der Waals surface area contributed by atoms with Crippen molar-refractivity contribution in [2.45, 2.75) is 13.5 Å². The molecule has 0 aliphatic heterocycles. The lowest BCUT2D eigenvalue weighted by molar-refractivity contribution is -0.116. The normalized spacial score (nSPS) is 11.1. The van der Waals surface area contributed by atoms with Crippen molar-refractivity contribution in [2.75, 3.05) is 12.4 Å². The third kappa shape index (κ3) is 3.63. The van der Waals surface area contributed by atoms with Gasteiger partial charge in [0.25, 0.3) is 5.56 Å². The van der Waals surface area contributed by atoms with Crippen molar-refractivity contribution in [3.63, 3.8) is 0 Å². The van der Waals surface area contributed by atoms with Crippen LogP contribution in [-0.2, 0) is 25.4 Å². The SMILES string of the molecule is COc1ccc(C)cc1-c1csc(NC(=O)Cn2c(=O)c3c(ncn3C)n(C)c2=O)n1. The minimum atomic E-state index is -0.615. The van der Waals surface area contributed by atoms with Gasteiger partial charge in [-0.15, -0.1) is 11.3 Å². The standard InChI is InChI=1S/C20H20N6O4S/c1-11-5-6-14(30-4)12(7-11)13-9-31-19(22-13)23-15(27)8-26-18(28)16-17(21-10-24(16)2)25(3)20(26)29/h5-7,9-10H,8H2,1-4H3,(H,22,23,27). The number of fused-ring (bicyclic) bond motifs is 1. The Labute approximate surface area is 180 Å². The molecule has 0 radical (unpaired) electrons. The van der Waals surface area contributed by atoms with Crippen LogP contribution in [-0.4, -0.2) is 36.7 Å². The number of rotatable bonds is 5. The number of hydrogen-bond acceptors (Lipinski definition) is 7. The number of carbonyl (C=O) groups is 1. The number of aromatic nitrogens is 5. The van der Waals surface area contributed by atoms with Crippen LogP contribution >= 0.6 is 11.3 Å². The van der Waals surface area contributed by atoms with Crippen molar-refractivity contribution in [1.29, 1.82) is 0 Å². The molecule has 3 aromatic heterocycles. The van der Waals surface area contributed by atoms with Crippen LogP contribution in [0.3, 0.4) is 0 Å². The zero-order chi connectivity index (χ0) is 22.3. The van der Waals surface area contributed by atoms with Crippen LogP contribution in [0.4, 0.5) is 5.13 Å². The number of hydrogen-bond donors (Lipinski definition) is 1. The first-order valence-corrected chi connectivity index (χ1v) is 10.2. The number of imidazole rings is 1. The molecule has 0 spiro atoms. The summed E-state index contributed by atoms with van der Waals surface area (Å²) in [6, 6.07) is 5.75. The molecule has 0 aliphatic carbocycles. The molecular weight excluding hydrogens is 420 g/mol. The van der Waals surface area contributed by atoms with Crippen molar-refractivity contribution in [1.82, 2.24) is 23.7 Å². The highest BCUT2D eigenvalue weighted by Crippen LogP contribution is 2.32. The van der Waals surface area contributed by atoms with E-state index in [2.05, 4.69) is 15.3 Å². The molecule has 160 valence electrons. The van der Waals surface area contributed by atoms with Gasteiger partial charge < -0.3 is 14.6 Å². The predicted molar refractivity (Wildman–Crippen MR) is 118 cm³/mol. The summed E-state index contributed by atoms with van der Waals surface area (Å²) in [5.74, 6) is 0.145. The van der Waals surface area contributed by atoms with Gasteiger partial charge in [-0.2, -0.15) is 0 Å². The number of amides is 1. The third-order valence-corrected chi connectivity index (χ3v) is 5.64. The number of nitrogens with one attached hydrogen (secondary N) is 1. The maximum absolute atomic E-state index is 12.7. The number of benzene rings is 1. The quantitative estimate of drug-likeness (QED) is 0.503. The van der Waals surface area contributed by atoms with Crippen molar-refractivity contribution in [2.24, 2.45) is 14.1 Å². The monoisotopic (exact) mass is 440 g/mol. The first-order chi connectivity index (χ1) is 14.8. The highest BCUT2D eigenvalue weighted by atomic mass is 32.1. The van der Waals surface area contributed by atoms with Crippen molar-refractivity contribution in [3.05, 3.63) is 56.3 Å². The van der Waals surface area contributed by atoms with E-state index in [1.54, 1.807) is 19.5 Å². The van der Waals surface area contributed by atoms with Gasteiger partial charge in [-0.25, -0.2) is 19.3 Å². The summed E-state index contributed by atoms with van der Waals surface area (Å²) in [5.41, 5.74) is 1.85. The number of ether oxygens (including phenoxy) is 1. The fourth-order valence-corrected chi connectivity index (χ4v) is 4.04. The molecule has 4 rings (SSSR count). The molecule has 0 aliphatic rings. The number of thiazole rings is 1. The second-order valence-electron chi connectivity index (χ2n) is 7.05. The fraction of sp³-hybridized carbons (Fsp3) is 0.250. The molecule has 0 fully saturated rings. The number of aryl methyl sites for hydroxylation is 3. The van der Waals surface area contributed by atoms with E-state index in [4.69, 9.17) is 4.74 Å². The Balaban J connectivity index is 1.60. The van der Waals surface area contributed by atoms with Crippen LogP contribution < -0.4 is 21.3 Å². The van der Waals surface area contributed by atoms with E-state index < -0.39 is 23.7 Å². The molecule has 11 heteroatoms. The molecule has 0 unspecified atom stereocenters. The van der Waals surface area contributed by atoms with Gasteiger partial charge in [-0.05, 0) is 19.1 Å². The van der Waals surface area contributed by atoms with Gasteiger partial charge in [-0.1, -0.05) is 11.6 Å². The summed E-state index contributed by atoms with van der Waals surface area (Å²) in [6.45, 7) is 1.53. The van der Waals surface area contributed by atoms with Crippen LogP contribution in [0.15, 0.2) is 39.5 Å². The van der Waals surface area contributed by atoms with E-state index in [-0.39, 0.29) is 11.2 Å².